The predicted octanol–water partition coefficient (Wildman–Crippen LogP) is 2.34. The fraction of sp³-hybridized carbons (Fsp3) is 0.308. The second-order valence-corrected chi connectivity index (χ2v) is 4.61. The van der Waals surface area contributed by atoms with E-state index in [4.69, 9.17) is 10.2 Å². The molecular weight excluding hydrogens is 244 g/mol. The summed E-state index contributed by atoms with van der Waals surface area (Å²) >= 11 is 0. The number of nitrogens with one attached hydrogen (secondary N) is 1. The second kappa shape index (κ2) is 5.09. The first-order valence-corrected chi connectivity index (χ1v) is 5.96. The molecular formula is C13H16N4O2. The number of nitrogen functional groups attached to an aromatic ring is 1. The Labute approximate surface area is 111 Å². The molecule has 0 radical (unpaired) electrons. The summed E-state index contributed by atoms with van der Waals surface area (Å²) in [6.07, 6.45) is 1.47. The molecule has 0 aliphatic heterocycles. The summed E-state index contributed by atoms with van der Waals surface area (Å²) in [5.41, 5.74) is 7.61. The third-order valence-electron chi connectivity index (χ3n) is 2.56. The third kappa shape index (κ3) is 3.09. The monoisotopic (exact) mass is 260 g/mol. The van der Waals surface area contributed by atoms with Crippen LogP contribution in [0.4, 0.5) is 11.8 Å². The summed E-state index contributed by atoms with van der Waals surface area (Å²) in [6, 6.07) is 3.41. The fourth-order valence-electron chi connectivity index (χ4n) is 1.58. The van der Waals surface area contributed by atoms with Gasteiger partial charge in [-0.1, -0.05) is 13.8 Å². The van der Waals surface area contributed by atoms with E-state index in [0.717, 1.165) is 5.69 Å². The Hall–Kier alpha value is -2.37. The highest BCUT2D eigenvalue weighted by Gasteiger charge is 2.13. The van der Waals surface area contributed by atoms with Gasteiger partial charge in [-0.15, -0.1) is 0 Å². The van der Waals surface area contributed by atoms with Crippen molar-refractivity contribution in [2.75, 3.05) is 11.1 Å². The highest BCUT2D eigenvalue weighted by Crippen LogP contribution is 2.17. The largest absolute Gasteiger partial charge is 0.432 e. The minimum Gasteiger partial charge on any atom is -0.432 e. The van der Waals surface area contributed by atoms with Crippen molar-refractivity contribution in [2.45, 2.75) is 26.7 Å². The summed E-state index contributed by atoms with van der Waals surface area (Å²) in [6.45, 7) is 5.75. The van der Waals surface area contributed by atoms with Crippen LogP contribution in [0.2, 0.25) is 0 Å². The SMILES string of the molecule is Cc1coc(NC(=O)c2cc(N)nc(C(C)C)c2)n1. The second-order valence-electron chi connectivity index (χ2n) is 4.61. The molecule has 2 rings (SSSR count). The predicted molar refractivity (Wildman–Crippen MR) is 71.9 cm³/mol. The normalized spacial score (nSPS) is 10.7. The van der Waals surface area contributed by atoms with Crippen LogP contribution in [0.25, 0.3) is 0 Å². The highest BCUT2D eigenvalue weighted by atomic mass is 16.4. The Bertz CT molecular complexity index is 604. The van der Waals surface area contributed by atoms with E-state index in [2.05, 4.69) is 15.3 Å². The number of rotatable bonds is 3. The van der Waals surface area contributed by atoms with Crippen molar-refractivity contribution < 1.29 is 9.21 Å². The van der Waals surface area contributed by atoms with E-state index in [1.54, 1.807) is 13.0 Å². The van der Waals surface area contributed by atoms with Crippen molar-refractivity contribution >= 4 is 17.7 Å². The number of aryl methyl sites for hydroxylation is 1. The molecule has 0 unspecified atom stereocenters. The van der Waals surface area contributed by atoms with Gasteiger partial charge in [0.1, 0.15) is 12.1 Å². The van der Waals surface area contributed by atoms with Crippen LogP contribution in [-0.2, 0) is 0 Å². The molecule has 6 heteroatoms. The van der Waals surface area contributed by atoms with Gasteiger partial charge in [0.15, 0.2) is 0 Å². The molecule has 6 nitrogen and oxygen atoms in total. The highest BCUT2D eigenvalue weighted by molar-refractivity contribution is 6.03. The van der Waals surface area contributed by atoms with Crippen LogP contribution in [0.5, 0.6) is 0 Å². The maximum atomic E-state index is 12.1. The molecule has 2 aromatic rings. The zero-order valence-corrected chi connectivity index (χ0v) is 11.1. The van der Waals surface area contributed by atoms with Crippen LogP contribution in [0.1, 0.15) is 41.5 Å². The van der Waals surface area contributed by atoms with E-state index < -0.39 is 0 Å². The lowest BCUT2D eigenvalue weighted by molar-refractivity contribution is 0.102. The number of amides is 1. The number of anilines is 2. The topological polar surface area (TPSA) is 94.0 Å². The fourth-order valence-corrected chi connectivity index (χ4v) is 1.58. The first-order valence-electron chi connectivity index (χ1n) is 5.96. The van der Waals surface area contributed by atoms with Crippen LogP contribution in [0.15, 0.2) is 22.8 Å². The van der Waals surface area contributed by atoms with E-state index in [1.807, 2.05) is 13.8 Å². The standard InChI is InChI=1S/C13H16N4O2/c1-7(2)10-4-9(5-11(14)16-10)12(18)17-13-15-8(3)6-19-13/h4-7H,1-3H3,(H2,14,16)(H,15,17,18). The van der Waals surface area contributed by atoms with Gasteiger partial charge in [0.05, 0.1) is 5.69 Å². The smallest absolute Gasteiger partial charge is 0.301 e. The van der Waals surface area contributed by atoms with Crippen molar-refractivity contribution in [3.05, 3.63) is 35.3 Å². The van der Waals surface area contributed by atoms with Crippen LogP contribution in [0.3, 0.4) is 0 Å². The lowest BCUT2D eigenvalue weighted by Crippen LogP contribution is -2.14. The summed E-state index contributed by atoms with van der Waals surface area (Å²) in [4.78, 5) is 20.3. The molecule has 1 amide bonds. The maximum absolute atomic E-state index is 12.1. The molecule has 2 aromatic heterocycles. The number of aromatic nitrogens is 2. The Morgan fingerprint density at radius 1 is 1.37 bits per heavy atom. The molecule has 0 saturated heterocycles. The zero-order chi connectivity index (χ0) is 14.0. The Morgan fingerprint density at radius 3 is 2.68 bits per heavy atom. The molecule has 100 valence electrons. The number of hydrogen-bond acceptors (Lipinski definition) is 5. The third-order valence-corrected chi connectivity index (χ3v) is 2.56. The number of pyridine rings is 1. The van der Waals surface area contributed by atoms with Gasteiger partial charge in [-0.2, -0.15) is 4.98 Å². The van der Waals surface area contributed by atoms with Crippen LogP contribution >= 0.6 is 0 Å². The average molecular weight is 260 g/mol. The summed E-state index contributed by atoms with van der Waals surface area (Å²) < 4.78 is 5.07. The van der Waals surface area contributed by atoms with Crippen molar-refractivity contribution in [1.82, 2.24) is 9.97 Å². The number of hydrogen-bond donors (Lipinski definition) is 2. The maximum Gasteiger partial charge on any atom is 0.301 e. The summed E-state index contributed by atoms with van der Waals surface area (Å²) in [7, 11) is 0. The Kier molecular flexibility index (Phi) is 3.50. The van der Waals surface area contributed by atoms with Gasteiger partial charge in [0.25, 0.3) is 5.91 Å². The first kappa shape index (κ1) is 13.1. The minimum atomic E-state index is -0.321. The Morgan fingerprint density at radius 2 is 2.11 bits per heavy atom. The quantitative estimate of drug-likeness (QED) is 0.883. The molecule has 0 spiro atoms. The lowest BCUT2D eigenvalue weighted by atomic mass is 10.1. The summed E-state index contributed by atoms with van der Waals surface area (Å²) in [5, 5.41) is 2.57. The van der Waals surface area contributed by atoms with Crippen LogP contribution < -0.4 is 11.1 Å². The van der Waals surface area contributed by atoms with Gasteiger partial charge in [0, 0.05) is 11.3 Å². The molecule has 19 heavy (non-hydrogen) atoms. The van der Waals surface area contributed by atoms with Crippen molar-refractivity contribution in [3.63, 3.8) is 0 Å². The lowest BCUT2D eigenvalue weighted by Gasteiger charge is -2.08. The van der Waals surface area contributed by atoms with E-state index in [0.29, 0.717) is 17.1 Å². The minimum absolute atomic E-state index is 0.170. The van der Waals surface area contributed by atoms with Gasteiger partial charge in [-0.25, -0.2) is 4.98 Å². The molecule has 0 bridgehead atoms. The van der Waals surface area contributed by atoms with Gasteiger partial charge < -0.3 is 10.2 Å². The van der Waals surface area contributed by atoms with Crippen LogP contribution in [-0.4, -0.2) is 15.9 Å². The van der Waals surface area contributed by atoms with E-state index in [-0.39, 0.29) is 17.8 Å². The van der Waals surface area contributed by atoms with Gasteiger partial charge in [-0.05, 0) is 25.0 Å². The van der Waals surface area contributed by atoms with E-state index >= 15 is 0 Å². The number of carbonyl (C=O) groups excluding carboxylic acids is 1. The molecule has 0 aromatic carbocycles. The molecule has 3 N–H and O–H groups in total. The molecule has 0 saturated carbocycles. The van der Waals surface area contributed by atoms with E-state index in [9.17, 15) is 4.79 Å². The van der Waals surface area contributed by atoms with E-state index in [1.165, 1.54) is 12.3 Å². The number of nitrogens with two attached hydrogens (primary N) is 1. The van der Waals surface area contributed by atoms with Gasteiger partial charge in [-0.3, -0.25) is 10.1 Å². The zero-order valence-electron chi connectivity index (χ0n) is 11.1. The number of oxazole rings is 1. The molecule has 0 atom stereocenters. The first-order chi connectivity index (χ1) is 8.95. The number of nitrogens with zero attached hydrogens (tertiary/aromatic N) is 2. The molecule has 0 aliphatic rings. The van der Waals surface area contributed by atoms with Crippen molar-refractivity contribution in [2.24, 2.45) is 0 Å². The molecule has 2 heterocycles. The Balaban J connectivity index is 2.23. The van der Waals surface area contributed by atoms with Crippen molar-refractivity contribution in [1.29, 1.82) is 0 Å². The average Bonchev–Trinajstić information content (AvgIpc) is 2.73. The van der Waals surface area contributed by atoms with Crippen LogP contribution in [0, 0.1) is 6.92 Å². The molecule has 0 aliphatic carbocycles. The van der Waals surface area contributed by atoms with Crippen molar-refractivity contribution in [3.8, 4) is 0 Å². The summed E-state index contributed by atoms with van der Waals surface area (Å²) in [5.74, 6) is 0.191. The van der Waals surface area contributed by atoms with Gasteiger partial charge in [0.2, 0.25) is 0 Å². The number of carbonyl (C=O) groups is 1. The molecule has 0 fully saturated rings. The van der Waals surface area contributed by atoms with Gasteiger partial charge >= 0.3 is 6.01 Å².